The van der Waals surface area contributed by atoms with Crippen molar-refractivity contribution in [2.75, 3.05) is 12.8 Å². The van der Waals surface area contributed by atoms with E-state index in [-0.39, 0.29) is 12.0 Å². The zero-order valence-electron chi connectivity index (χ0n) is 13.1. The Hall–Kier alpha value is -0.710. The van der Waals surface area contributed by atoms with Gasteiger partial charge in [-0.1, -0.05) is 32.4 Å². The number of hydrogen-bond acceptors (Lipinski definition) is 3. The van der Waals surface area contributed by atoms with E-state index in [1.807, 2.05) is 31.2 Å². The Morgan fingerprint density at radius 3 is 2.30 bits per heavy atom. The van der Waals surface area contributed by atoms with Crippen LogP contribution in [0.15, 0.2) is 29.2 Å². The summed E-state index contributed by atoms with van der Waals surface area (Å²) in [5.74, 6) is 0.257. The zero-order chi connectivity index (χ0) is 15.3. The summed E-state index contributed by atoms with van der Waals surface area (Å²) in [6.45, 7) is 8.67. The molecule has 0 aliphatic rings. The minimum Gasteiger partial charge on any atom is -0.389 e. The number of nitrogens with one attached hydrogen (secondary N) is 1. The van der Waals surface area contributed by atoms with E-state index in [0.29, 0.717) is 6.54 Å². The van der Waals surface area contributed by atoms with Gasteiger partial charge >= 0.3 is 0 Å². The van der Waals surface area contributed by atoms with Gasteiger partial charge in [0, 0.05) is 34.5 Å². The molecule has 2 N–H and O–H groups in total. The molecular weight excluding hydrogens is 270 g/mol. The summed E-state index contributed by atoms with van der Waals surface area (Å²) in [7, 11) is -0.936. The highest BCUT2D eigenvalue weighted by Crippen LogP contribution is 2.21. The van der Waals surface area contributed by atoms with E-state index in [0.717, 1.165) is 16.9 Å². The molecule has 0 fully saturated rings. The first-order valence-electron chi connectivity index (χ1n) is 7.17. The topological polar surface area (TPSA) is 49.3 Å². The van der Waals surface area contributed by atoms with Gasteiger partial charge in [-0.3, -0.25) is 4.21 Å². The molecule has 4 heteroatoms. The van der Waals surface area contributed by atoms with Crippen molar-refractivity contribution >= 4 is 10.8 Å². The van der Waals surface area contributed by atoms with Crippen molar-refractivity contribution in [1.82, 2.24) is 5.32 Å². The molecule has 4 unspecified atom stereocenters. The fourth-order valence-electron chi connectivity index (χ4n) is 2.04. The molecule has 0 aliphatic heterocycles. The first-order valence-corrected chi connectivity index (χ1v) is 8.73. The lowest BCUT2D eigenvalue weighted by molar-refractivity contribution is 0.00365. The van der Waals surface area contributed by atoms with Crippen LogP contribution in [-0.4, -0.2) is 27.7 Å². The predicted molar refractivity (Wildman–Crippen MR) is 85.3 cm³/mol. The molecule has 1 aromatic carbocycles. The lowest BCUT2D eigenvalue weighted by Gasteiger charge is -2.31. The summed E-state index contributed by atoms with van der Waals surface area (Å²) >= 11 is 0. The molecule has 20 heavy (non-hydrogen) atoms. The monoisotopic (exact) mass is 297 g/mol. The van der Waals surface area contributed by atoms with Crippen molar-refractivity contribution in [1.29, 1.82) is 0 Å². The van der Waals surface area contributed by atoms with Crippen molar-refractivity contribution < 1.29 is 9.32 Å². The van der Waals surface area contributed by atoms with Crippen molar-refractivity contribution in [2.24, 2.45) is 5.92 Å². The van der Waals surface area contributed by atoms with E-state index in [1.54, 1.807) is 6.26 Å². The Morgan fingerprint density at radius 2 is 1.85 bits per heavy atom. The fraction of sp³-hybridized carbons (Fsp3) is 0.625. The average Bonchev–Trinajstić information content (AvgIpc) is 2.43. The molecule has 1 rings (SSSR count). The SMILES string of the molecule is CCC(C)C(C)(O)CNC(C)c1ccc(S(C)=O)cc1. The van der Waals surface area contributed by atoms with Gasteiger partial charge in [0.1, 0.15) is 0 Å². The van der Waals surface area contributed by atoms with Crippen molar-refractivity contribution in [2.45, 2.75) is 50.7 Å². The Morgan fingerprint density at radius 1 is 1.30 bits per heavy atom. The maximum absolute atomic E-state index is 11.4. The van der Waals surface area contributed by atoms with Crippen molar-refractivity contribution in [3.05, 3.63) is 29.8 Å². The molecule has 1 aromatic rings. The maximum atomic E-state index is 11.4. The second kappa shape index (κ2) is 7.34. The Labute approximate surface area is 125 Å². The van der Waals surface area contributed by atoms with E-state index in [1.165, 1.54) is 0 Å². The van der Waals surface area contributed by atoms with Gasteiger partial charge in [-0.2, -0.15) is 0 Å². The molecule has 0 saturated heterocycles. The minimum atomic E-state index is -0.936. The van der Waals surface area contributed by atoms with Gasteiger partial charge in [0.15, 0.2) is 0 Å². The summed E-state index contributed by atoms with van der Waals surface area (Å²) in [4.78, 5) is 0.840. The van der Waals surface area contributed by atoms with E-state index in [4.69, 9.17) is 0 Å². The van der Waals surface area contributed by atoms with Gasteiger partial charge in [-0.05, 0) is 37.5 Å². The predicted octanol–water partition coefficient (Wildman–Crippen LogP) is 2.87. The van der Waals surface area contributed by atoms with Gasteiger partial charge in [0.05, 0.1) is 5.60 Å². The third-order valence-corrected chi connectivity index (χ3v) is 5.09. The van der Waals surface area contributed by atoms with Crippen LogP contribution < -0.4 is 5.32 Å². The second-order valence-electron chi connectivity index (χ2n) is 5.79. The van der Waals surface area contributed by atoms with Gasteiger partial charge in [0.25, 0.3) is 0 Å². The summed E-state index contributed by atoms with van der Waals surface area (Å²) in [6, 6.07) is 7.94. The summed E-state index contributed by atoms with van der Waals surface area (Å²) < 4.78 is 11.4. The normalized spacial score (nSPS) is 19.1. The van der Waals surface area contributed by atoms with Crippen LogP contribution in [0, 0.1) is 5.92 Å². The van der Waals surface area contributed by atoms with Crippen LogP contribution >= 0.6 is 0 Å². The molecule has 0 heterocycles. The van der Waals surface area contributed by atoms with Crippen LogP contribution in [0.2, 0.25) is 0 Å². The van der Waals surface area contributed by atoms with E-state index in [9.17, 15) is 9.32 Å². The minimum absolute atomic E-state index is 0.157. The van der Waals surface area contributed by atoms with Crippen LogP contribution in [0.1, 0.15) is 45.7 Å². The highest BCUT2D eigenvalue weighted by molar-refractivity contribution is 7.84. The first-order chi connectivity index (χ1) is 9.27. The molecule has 0 aliphatic carbocycles. The molecule has 0 saturated carbocycles. The van der Waals surface area contributed by atoms with E-state index < -0.39 is 16.4 Å². The zero-order valence-corrected chi connectivity index (χ0v) is 14.0. The largest absolute Gasteiger partial charge is 0.389 e. The van der Waals surface area contributed by atoms with Crippen LogP contribution in [0.25, 0.3) is 0 Å². The third kappa shape index (κ3) is 4.69. The molecule has 114 valence electrons. The molecule has 0 amide bonds. The molecule has 0 aromatic heterocycles. The van der Waals surface area contributed by atoms with Crippen LogP contribution in [0.3, 0.4) is 0 Å². The van der Waals surface area contributed by atoms with Gasteiger partial charge in [-0.25, -0.2) is 0 Å². The molecular formula is C16H27NO2S. The van der Waals surface area contributed by atoms with E-state index >= 15 is 0 Å². The Kier molecular flexibility index (Phi) is 6.37. The average molecular weight is 297 g/mol. The Bertz CT molecular complexity index is 442. The molecule has 0 spiro atoms. The van der Waals surface area contributed by atoms with Gasteiger partial charge < -0.3 is 10.4 Å². The highest BCUT2D eigenvalue weighted by atomic mass is 32.2. The third-order valence-electron chi connectivity index (χ3n) is 4.15. The lowest BCUT2D eigenvalue weighted by Crippen LogP contribution is -2.43. The second-order valence-corrected chi connectivity index (χ2v) is 7.17. The maximum Gasteiger partial charge on any atom is 0.0769 e. The highest BCUT2D eigenvalue weighted by Gasteiger charge is 2.27. The van der Waals surface area contributed by atoms with Crippen LogP contribution in [0.5, 0.6) is 0 Å². The number of rotatable bonds is 7. The molecule has 3 nitrogen and oxygen atoms in total. The number of hydrogen-bond donors (Lipinski definition) is 2. The standard InChI is InChI=1S/C16H27NO2S/c1-6-12(2)16(4,18)11-17-13(3)14-7-9-15(10-8-14)20(5)19/h7-10,12-13,17-18H,6,11H2,1-5H3. The summed E-state index contributed by atoms with van der Waals surface area (Å²) in [5.41, 5.74) is 0.438. The number of benzene rings is 1. The molecule has 4 atom stereocenters. The Balaban J connectivity index is 2.63. The van der Waals surface area contributed by atoms with E-state index in [2.05, 4.69) is 26.1 Å². The fourth-order valence-corrected chi connectivity index (χ4v) is 2.56. The molecule has 0 radical (unpaired) electrons. The quantitative estimate of drug-likeness (QED) is 0.813. The van der Waals surface area contributed by atoms with Crippen molar-refractivity contribution in [3.63, 3.8) is 0 Å². The van der Waals surface area contributed by atoms with Crippen LogP contribution in [-0.2, 0) is 10.8 Å². The molecule has 0 bridgehead atoms. The van der Waals surface area contributed by atoms with Gasteiger partial charge in [0.2, 0.25) is 0 Å². The smallest absolute Gasteiger partial charge is 0.0769 e. The lowest BCUT2D eigenvalue weighted by atomic mass is 9.88. The van der Waals surface area contributed by atoms with Gasteiger partial charge in [-0.15, -0.1) is 0 Å². The summed E-state index contributed by atoms with van der Waals surface area (Å²) in [5, 5.41) is 13.8. The first kappa shape index (κ1) is 17.3. The number of aliphatic hydroxyl groups is 1. The van der Waals surface area contributed by atoms with Crippen LogP contribution in [0.4, 0.5) is 0 Å². The summed E-state index contributed by atoms with van der Waals surface area (Å²) in [6.07, 6.45) is 2.64. The van der Waals surface area contributed by atoms with Crippen molar-refractivity contribution in [3.8, 4) is 0 Å².